The van der Waals surface area contributed by atoms with Gasteiger partial charge in [-0.3, -0.25) is 4.79 Å². The minimum atomic E-state index is -0.365. The van der Waals surface area contributed by atoms with E-state index < -0.39 is 0 Å². The lowest BCUT2D eigenvalue weighted by Crippen LogP contribution is -2.47. The Morgan fingerprint density at radius 3 is 2.62 bits per heavy atom. The molecule has 0 radical (unpaired) electrons. The third kappa shape index (κ3) is 4.49. The van der Waals surface area contributed by atoms with Crippen LogP contribution in [0.1, 0.15) is 33.1 Å². The van der Waals surface area contributed by atoms with Gasteiger partial charge in [-0.1, -0.05) is 13.8 Å². The van der Waals surface area contributed by atoms with E-state index in [1.54, 1.807) is 0 Å². The van der Waals surface area contributed by atoms with Gasteiger partial charge < -0.3 is 15.8 Å². The summed E-state index contributed by atoms with van der Waals surface area (Å²) in [6.45, 7) is 6.48. The summed E-state index contributed by atoms with van der Waals surface area (Å²) in [7, 11) is 0. The number of carbonyl (C=O) groups is 1. The van der Waals surface area contributed by atoms with Crippen LogP contribution in [0.25, 0.3) is 0 Å². The number of amides is 1. The van der Waals surface area contributed by atoms with Gasteiger partial charge in [0.2, 0.25) is 5.91 Å². The second-order valence-corrected chi connectivity index (χ2v) is 4.95. The average molecular weight is 228 g/mol. The smallest absolute Gasteiger partial charge is 0.237 e. The lowest BCUT2D eigenvalue weighted by Gasteiger charge is -2.26. The Bertz CT molecular complexity index is 213. The minimum absolute atomic E-state index is 0.00690. The average Bonchev–Trinajstić information content (AvgIpc) is 2.28. The molecule has 1 rings (SSSR count). The van der Waals surface area contributed by atoms with Crippen molar-refractivity contribution in [3.63, 3.8) is 0 Å². The molecule has 1 atom stereocenters. The van der Waals surface area contributed by atoms with E-state index in [-0.39, 0.29) is 17.9 Å². The molecule has 0 saturated carbocycles. The molecule has 1 aliphatic heterocycles. The van der Waals surface area contributed by atoms with E-state index >= 15 is 0 Å². The summed E-state index contributed by atoms with van der Waals surface area (Å²) < 4.78 is 5.25. The van der Waals surface area contributed by atoms with E-state index in [0.717, 1.165) is 39.0 Å². The first kappa shape index (κ1) is 13.5. The first-order valence-corrected chi connectivity index (χ1v) is 6.22. The van der Waals surface area contributed by atoms with Gasteiger partial charge >= 0.3 is 0 Å². The monoisotopic (exact) mass is 228 g/mol. The zero-order valence-corrected chi connectivity index (χ0v) is 10.4. The van der Waals surface area contributed by atoms with Gasteiger partial charge in [-0.2, -0.15) is 0 Å². The van der Waals surface area contributed by atoms with Crippen LogP contribution in [0.2, 0.25) is 0 Å². The van der Waals surface area contributed by atoms with Crippen LogP contribution < -0.4 is 11.1 Å². The molecule has 1 fully saturated rings. The van der Waals surface area contributed by atoms with Crippen LogP contribution in [0.3, 0.4) is 0 Å². The van der Waals surface area contributed by atoms with Crippen molar-refractivity contribution in [2.75, 3.05) is 19.8 Å². The number of hydrogen-bond donors (Lipinski definition) is 2. The summed E-state index contributed by atoms with van der Waals surface area (Å²) in [5.41, 5.74) is 5.94. The van der Waals surface area contributed by atoms with Gasteiger partial charge in [0.25, 0.3) is 0 Å². The van der Waals surface area contributed by atoms with E-state index in [2.05, 4.69) is 19.2 Å². The van der Waals surface area contributed by atoms with Crippen LogP contribution in [0.4, 0.5) is 0 Å². The van der Waals surface area contributed by atoms with Gasteiger partial charge in [0.15, 0.2) is 0 Å². The molecule has 1 saturated heterocycles. The van der Waals surface area contributed by atoms with E-state index in [0.29, 0.717) is 5.92 Å². The van der Waals surface area contributed by atoms with Crippen molar-refractivity contribution in [1.29, 1.82) is 0 Å². The third-order valence-corrected chi connectivity index (χ3v) is 3.10. The summed E-state index contributed by atoms with van der Waals surface area (Å²) in [5, 5.41) is 2.91. The molecule has 1 heterocycles. The van der Waals surface area contributed by atoms with Gasteiger partial charge in [-0.05, 0) is 31.1 Å². The summed E-state index contributed by atoms with van der Waals surface area (Å²) in [5.74, 6) is 0.889. The number of rotatable bonds is 5. The van der Waals surface area contributed by atoms with Crippen LogP contribution in [-0.2, 0) is 9.53 Å². The first-order valence-electron chi connectivity index (χ1n) is 6.22. The molecule has 1 aliphatic rings. The van der Waals surface area contributed by atoms with Crippen LogP contribution in [-0.4, -0.2) is 31.7 Å². The van der Waals surface area contributed by atoms with Crippen molar-refractivity contribution in [2.45, 2.75) is 39.2 Å². The number of ether oxygens (including phenoxy) is 1. The van der Waals surface area contributed by atoms with Crippen molar-refractivity contribution in [3.05, 3.63) is 0 Å². The fourth-order valence-electron chi connectivity index (χ4n) is 1.89. The molecule has 1 unspecified atom stereocenters. The number of nitrogens with two attached hydrogens (primary N) is 1. The van der Waals surface area contributed by atoms with Crippen LogP contribution >= 0.6 is 0 Å². The van der Waals surface area contributed by atoms with Crippen molar-refractivity contribution in [2.24, 2.45) is 17.6 Å². The molecule has 0 aliphatic carbocycles. The van der Waals surface area contributed by atoms with Gasteiger partial charge in [0, 0.05) is 19.8 Å². The Kier molecular flexibility index (Phi) is 5.77. The SMILES string of the molecule is CC(C)CCNC(=O)C(N)C1CCOCC1. The highest BCUT2D eigenvalue weighted by Crippen LogP contribution is 2.17. The summed E-state index contributed by atoms with van der Waals surface area (Å²) in [6.07, 6.45) is 2.81. The molecule has 4 heteroatoms. The molecular weight excluding hydrogens is 204 g/mol. The maximum absolute atomic E-state index is 11.7. The molecule has 0 aromatic heterocycles. The van der Waals surface area contributed by atoms with Crippen LogP contribution in [0, 0.1) is 11.8 Å². The van der Waals surface area contributed by atoms with Crippen molar-refractivity contribution >= 4 is 5.91 Å². The molecule has 0 aromatic rings. The Balaban J connectivity index is 2.23. The lowest BCUT2D eigenvalue weighted by atomic mass is 9.92. The van der Waals surface area contributed by atoms with Gasteiger partial charge in [-0.15, -0.1) is 0 Å². The van der Waals surface area contributed by atoms with Gasteiger partial charge in [0.1, 0.15) is 0 Å². The molecule has 16 heavy (non-hydrogen) atoms. The highest BCUT2D eigenvalue weighted by Gasteiger charge is 2.26. The van der Waals surface area contributed by atoms with Crippen molar-refractivity contribution < 1.29 is 9.53 Å². The molecule has 0 spiro atoms. The first-order chi connectivity index (χ1) is 7.61. The minimum Gasteiger partial charge on any atom is -0.381 e. The fourth-order valence-corrected chi connectivity index (χ4v) is 1.89. The Labute approximate surface area is 97.9 Å². The largest absolute Gasteiger partial charge is 0.381 e. The molecule has 4 nitrogen and oxygen atoms in total. The van der Waals surface area contributed by atoms with Gasteiger partial charge in [0.05, 0.1) is 6.04 Å². The molecule has 0 aromatic carbocycles. The molecule has 3 N–H and O–H groups in total. The molecule has 94 valence electrons. The highest BCUT2D eigenvalue weighted by molar-refractivity contribution is 5.81. The zero-order valence-electron chi connectivity index (χ0n) is 10.4. The van der Waals surface area contributed by atoms with E-state index in [1.807, 2.05) is 0 Å². The van der Waals surface area contributed by atoms with E-state index in [1.165, 1.54) is 0 Å². The maximum atomic E-state index is 11.7. The summed E-state index contributed by atoms with van der Waals surface area (Å²) in [6, 6.07) is -0.365. The summed E-state index contributed by atoms with van der Waals surface area (Å²) >= 11 is 0. The standard InChI is InChI=1S/C12H24N2O2/c1-9(2)3-6-14-12(15)11(13)10-4-7-16-8-5-10/h9-11H,3-8,13H2,1-2H3,(H,14,15). The van der Waals surface area contributed by atoms with Crippen LogP contribution in [0.5, 0.6) is 0 Å². The normalized spacial score (nSPS) is 19.8. The molecule has 0 bridgehead atoms. The quantitative estimate of drug-likeness (QED) is 0.735. The predicted molar refractivity (Wildman–Crippen MR) is 64.0 cm³/mol. The van der Waals surface area contributed by atoms with Crippen LogP contribution in [0.15, 0.2) is 0 Å². The Morgan fingerprint density at radius 1 is 1.44 bits per heavy atom. The number of hydrogen-bond acceptors (Lipinski definition) is 3. The number of carbonyl (C=O) groups excluding carboxylic acids is 1. The number of nitrogens with one attached hydrogen (secondary N) is 1. The second-order valence-electron chi connectivity index (χ2n) is 4.95. The van der Waals surface area contributed by atoms with Crippen molar-refractivity contribution in [3.8, 4) is 0 Å². The molecular formula is C12H24N2O2. The second kappa shape index (κ2) is 6.86. The fraction of sp³-hybridized carbons (Fsp3) is 0.917. The predicted octanol–water partition coefficient (Wildman–Crippen LogP) is 0.903. The Hall–Kier alpha value is -0.610. The van der Waals surface area contributed by atoms with Gasteiger partial charge in [-0.25, -0.2) is 0 Å². The third-order valence-electron chi connectivity index (χ3n) is 3.10. The molecule has 1 amide bonds. The Morgan fingerprint density at radius 2 is 2.06 bits per heavy atom. The lowest BCUT2D eigenvalue weighted by molar-refractivity contribution is -0.124. The topological polar surface area (TPSA) is 64.4 Å². The maximum Gasteiger partial charge on any atom is 0.237 e. The van der Waals surface area contributed by atoms with E-state index in [9.17, 15) is 4.79 Å². The van der Waals surface area contributed by atoms with Crippen molar-refractivity contribution in [1.82, 2.24) is 5.32 Å². The van der Waals surface area contributed by atoms with E-state index in [4.69, 9.17) is 10.5 Å². The highest BCUT2D eigenvalue weighted by atomic mass is 16.5. The zero-order chi connectivity index (χ0) is 12.0. The summed E-state index contributed by atoms with van der Waals surface area (Å²) in [4.78, 5) is 11.7.